The van der Waals surface area contributed by atoms with Crippen LogP contribution in [0.25, 0.3) is 22.2 Å². The number of hydrogen-bond donors (Lipinski definition) is 1. The van der Waals surface area contributed by atoms with Crippen LogP contribution in [-0.4, -0.2) is 10.1 Å². The van der Waals surface area contributed by atoms with E-state index in [2.05, 4.69) is 10.1 Å². The molecule has 6 heteroatoms. The highest BCUT2D eigenvalue weighted by atomic mass is 19.1. The van der Waals surface area contributed by atoms with Gasteiger partial charge in [0, 0.05) is 23.4 Å². The molecule has 1 aromatic carbocycles. The van der Waals surface area contributed by atoms with Gasteiger partial charge in [-0.25, -0.2) is 13.8 Å². The zero-order valence-electron chi connectivity index (χ0n) is 9.02. The third kappa shape index (κ3) is 1.58. The molecule has 0 aliphatic rings. The van der Waals surface area contributed by atoms with Crippen LogP contribution < -0.4 is 5.73 Å². The van der Waals surface area contributed by atoms with Crippen molar-refractivity contribution in [3.8, 4) is 11.1 Å². The zero-order valence-corrected chi connectivity index (χ0v) is 9.02. The smallest absolute Gasteiger partial charge is 0.259 e. The lowest BCUT2D eigenvalue weighted by atomic mass is 10.1. The Morgan fingerprint density at radius 3 is 2.78 bits per heavy atom. The van der Waals surface area contributed by atoms with E-state index in [-0.39, 0.29) is 17.1 Å². The quantitative estimate of drug-likeness (QED) is 0.718. The molecule has 3 aromatic rings. The Hall–Kier alpha value is -2.50. The van der Waals surface area contributed by atoms with Crippen molar-refractivity contribution in [2.75, 3.05) is 5.73 Å². The number of pyridine rings is 1. The van der Waals surface area contributed by atoms with Crippen molar-refractivity contribution >= 4 is 16.9 Å². The van der Waals surface area contributed by atoms with Gasteiger partial charge in [-0.3, -0.25) is 0 Å². The first kappa shape index (κ1) is 10.6. The number of nitrogens with zero attached hydrogens (tertiary/aromatic N) is 2. The highest BCUT2D eigenvalue weighted by Gasteiger charge is 2.11. The van der Waals surface area contributed by atoms with Gasteiger partial charge in [0.2, 0.25) is 0 Å². The second kappa shape index (κ2) is 3.76. The minimum atomic E-state index is -0.661. The van der Waals surface area contributed by atoms with Crippen LogP contribution in [-0.2, 0) is 0 Å². The van der Waals surface area contributed by atoms with Crippen LogP contribution in [0.3, 0.4) is 0 Å². The summed E-state index contributed by atoms with van der Waals surface area (Å²) in [6, 6.07) is 4.94. The molecule has 0 radical (unpaired) electrons. The summed E-state index contributed by atoms with van der Waals surface area (Å²) in [7, 11) is 0. The van der Waals surface area contributed by atoms with Crippen molar-refractivity contribution in [3.63, 3.8) is 0 Å². The molecule has 0 aliphatic heterocycles. The summed E-state index contributed by atoms with van der Waals surface area (Å²) in [5, 5.41) is 4.05. The SMILES string of the molecule is Nc1noc2ncc(-c3ccc(F)cc3F)cc12. The molecule has 4 nitrogen and oxygen atoms in total. The number of rotatable bonds is 1. The number of benzene rings is 1. The van der Waals surface area contributed by atoms with Gasteiger partial charge < -0.3 is 10.3 Å². The van der Waals surface area contributed by atoms with Crippen molar-refractivity contribution in [3.05, 3.63) is 42.1 Å². The summed E-state index contributed by atoms with van der Waals surface area (Å²) in [4.78, 5) is 3.97. The average molecular weight is 247 g/mol. The van der Waals surface area contributed by atoms with E-state index in [1.165, 1.54) is 18.3 Å². The molecule has 0 spiro atoms. The fourth-order valence-corrected chi connectivity index (χ4v) is 1.72. The summed E-state index contributed by atoms with van der Waals surface area (Å²) >= 11 is 0. The molecule has 0 saturated heterocycles. The van der Waals surface area contributed by atoms with E-state index >= 15 is 0 Å². The first-order valence-corrected chi connectivity index (χ1v) is 5.11. The van der Waals surface area contributed by atoms with Gasteiger partial charge in [-0.05, 0) is 18.2 Å². The third-order valence-electron chi connectivity index (χ3n) is 2.60. The van der Waals surface area contributed by atoms with Gasteiger partial charge in [0.05, 0.1) is 5.39 Å². The monoisotopic (exact) mass is 247 g/mol. The maximum atomic E-state index is 13.6. The second-order valence-electron chi connectivity index (χ2n) is 3.77. The first-order valence-electron chi connectivity index (χ1n) is 5.11. The van der Waals surface area contributed by atoms with Crippen molar-refractivity contribution in [2.24, 2.45) is 0 Å². The number of anilines is 1. The highest BCUT2D eigenvalue weighted by molar-refractivity contribution is 5.87. The fraction of sp³-hybridized carbons (Fsp3) is 0. The molecule has 2 aromatic heterocycles. The van der Waals surface area contributed by atoms with Gasteiger partial charge in [-0.2, -0.15) is 0 Å². The predicted molar refractivity (Wildman–Crippen MR) is 61.6 cm³/mol. The average Bonchev–Trinajstić information content (AvgIpc) is 2.71. The topological polar surface area (TPSA) is 64.9 Å². The van der Waals surface area contributed by atoms with E-state index in [0.29, 0.717) is 10.9 Å². The zero-order chi connectivity index (χ0) is 12.7. The Labute approximate surface area is 100 Å². The van der Waals surface area contributed by atoms with Crippen molar-refractivity contribution < 1.29 is 13.3 Å². The minimum absolute atomic E-state index is 0.182. The minimum Gasteiger partial charge on any atom is -0.380 e. The lowest BCUT2D eigenvalue weighted by Crippen LogP contribution is -1.89. The molecule has 3 rings (SSSR count). The second-order valence-corrected chi connectivity index (χ2v) is 3.77. The highest BCUT2D eigenvalue weighted by Crippen LogP contribution is 2.27. The molecule has 0 unspecified atom stereocenters. The maximum absolute atomic E-state index is 13.6. The summed E-state index contributed by atoms with van der Waals surface area (Å²) in [5.41, 5.74) is 6.59. The number of aromatic nitrogens is 2. The Morgan fingerprint density at radius 2 is 2.00 bits per heavy atom. The lowest BCUT2D eigenvalue weighted by molar-refractivity contribution is 0.452. The Morgan fingerprint density at radius 1 is 1.17 bits per heavy atom. The summed E-state index contributed by atoms with van der Waals surface area (Å²) in [5.74, 6) is -1.11. The third-order valence-corrected chi connectivity index (χ3v) is 2.60. The molecule has 0 atom stereocenters. The number of hydrogen-bond acceptors (Lipinski definition) is 4. The van der Waals surface area contributed by atoms with E-state index < -0.39 is 11.6 Å². The summed E-state index contributed by atoms with van der Waals surface area (Å²) in [6.45, 7) is 0. The van der Waals surface area contributed by atoms with Crippen molar-refractivity contribution in [2.45, 2.75) is 0 Å². The van der Waals surface area contributed by atoms with Gasteiger partial charge in [-0.1, -0.05) is 5.16 Å². The molecule has 90 valence electrons. The normalized spacial score (nSPS) is 11.0. The van der Waals surface area contributed by atoms with Crippen LogP contribution in [0.4, 0.5) is 14.6 Å². The summed E-state index contributed by atoms with van der Waals surface area (Å²) < 4.78 is 31.3. The van der Waals surface area contributed by atoms with Crippen molar-refractivity contribution in [1.82, 2.24) is 10.1 Å². The fourth-order valence-electron chi connectivity index (χ4n) is 1.72. The van der Waals surface area contributed by atoms with Gasteiger partial charge in [0.15, 0.2) is 5.82 Å². The molecule has 0 saturated carbocycles. The Kier molecular flexibility index (Phi) is 2.22. The number of fused-ring (bicyclic) bond motifs is 1. The van der Waals surface area contributed by atoms with Crippen LogP contribution in [0.15, 0.2) is 35.0 Å². The van der Waals surface area contributed by atoms with Crippen molar-refractivity contribution in [1.29, 1.82) is 0 Å². The molecule has 2 N–H and O–H groups in total. The van der Waals surface area contributed by atoms with Crippen LogP contribution in [0, 0.1) is 11.6 Å². The van der Waals surface area contributed by atoms with E-state index in [1.54, 1.807) is 6.07 Å². The van der Waals surface area contributed by atoms with Crippen LogP contribution in [0.5, 0.6) is 0 Å². The molecule has 0 aliphatic carbocycles. The largest absolute Gasteiger partial charge is 0.380 e. The molecular formula is C12H7F2N3O. The first-order chi connectivity index (χ1) is 8.65. The maximum Gasteiger partial charge on any atom is 0.259 e. The molecule has 0 bridgehead atoms. The van der Waals surface area contributed by atoms with Crippen LogP contribution in [0.2, 0.25) is 0 Å². The van der Waals surface area contributed by atoms with Gasteiger partial charge in [0.25, 0.3) is 5.71 Å². The number of nitrogen functional groups attached to an aromatic ring is 1. The molecule has 18 heavy (non-hydrogen) atoms. The standard InChI is InChI=1S/C12H7F2N3O/c13-7-1-2-8(10(14)4-7)6-3-9-11(15)17-18-12(9)16-5-6/h1-5H,(H2,15,17). The van der Waals surface area contributed by atoms with Gasteiger partial charge >= 0.3 is 0 Å². The van der Waals surface area contributed by atoms with E-state index in [0.717, 1.165) is 6.07 Å². The number of halogens is 2. The van der Waals surface area contributed by atoms with E-state index in [9.17, 15) is 8.78 Å². The lowest BCUT2D eigenvalue weighted by Gasteiger charge is -2.02. The van der Waals surface area contributed by atoms with Crippen LogP contribution in [0.1, 0.15) is 0 Å². The Balaban J connectivity index is 2.21. The van der Waals surface area contributed by atoms with E-state index in [4.69, 9.17) is 10.3 Å². The molecular weight excluding hydrogens is 240 g/mol. The molecule has 0 fully saturated rings. The van der Waals surface area contributed by atoms with E-state index in [1.807, 2.05) is 0 Å². The van der Waals surface area contributed by atoms with Gasteiger partial charge in [0.1, 0.15) is 11.6 Å². The van der Waals surface area contributed by atoms with Crippen LogP contribution >= 0.6 is 0 Å². The van der Waals surface area contributed by atoms with Gasteiger partial charge in [-0.15, -0.1) is 0 Å². The Bertz CT molecular complexity index is 739. The predicted octanol–water partition coefficient (Wildman–Crippen LogP) is 2.75. The summed E-state index contributed by atoms with van der Waals surface area (Å²) in [6.07, 6.45) is 1.42. The number of nitrogens with two attached hydrogens (primary N) is 1. The molecule has 0 amide bonds. The molecule has 2 heterocycles.